The largest absolute Gasteiger partial charge is 0.416 e. The Morgan fingerprint density at radius 2 is 1.68 bits per heavy atom. The summed E-state index contributed by atoms with van der Waals surface area (Å²) >= 11 is 1.44. The van der Waals surface area contributed by atoms with E-state index in [9.17, 15) is 18.4 Å². The predicted octanol–water partition coefficient (Wildman–Crippen LogP) is 5.10. The van der Waals surface area contributed by atoms with Crippen LogP contribution < -0.4 is 4.90 Å². The first-order valence-electron chi connectivity index (χ1n) is 6.34. The van der Waals surface area contributed by atoms with Crippen LogP contribution in [0.4, 0.5) is 18.9 Å². The Morgan fingerprint density at radius 3 is 2.32 bits per heavy atom. The third-order valence-electron chi connectivity index (χ3n) is 3.25. The Labute approximate surface area is 129 Å². The van der Waals surface area contributed by atoms with E-state index in [0.717, 1.165) is 22.7 Å². The van der Waals surface area contributed by atoms with Crippen molar-refractivity contribution in [1.82, 2.24) is 0 Å². The zero-order chi connectivity index (χ0) is 15.7. The maximum absolute atomic E-state index is 12.6. The van der Waals surface area contributed by atoms with Gasteiger partial charge in [-0.1, -0.05) is 36.0 Å². The number of nitrogens with zero attached hydrogens (tertiary/aromatic N) is 2. The van der Waals surface area contributed by atoms with Gasteiger partial charge in [-0.05, 0) is 29.8 Å². The summed E-state index contributed by atoms with van der Waals surface area (Å²) in [7, 11) is 0. The van der Waals surface area contributed by atoms with Crippen LogP contribution in [0.25, 0.3) is 5.70 Å². The molecule has 1 heterocycles. The molecule has 1 aliphatic rings. The van der Waals surface area contributed by atoms with Crippen molar-refractivity contribution in [1.29, 1.82) is 5.26 Å². The first-order chi connectivity index (χ1) is 10.5. The van der Waals surface area contributed by atoms with Crippen molar-refractivity contribution < 1.29 is 13.2 Å². The lowest BCUT2D eigenvalue weighted by Gasteiger charge is -2.25. The van der Waals surface area contributed by atoms with Gasteiger partial charge in [0, 0.05) is 10.3 Å². The predicted molar refractivity (Wildman–Crippen MR) is 79.8 cm³/mol. The van der Waals surface area contributed by atoms with E-state index in [2.05, 4.69) is 6.19 Å². The molecule has 0 N–H and O–H groups in total. The van der Waals surface area contributed by atoms with Gasteiger partial charge in [-0.2, -0.15) is 18.4 Å². The van der Waals surface area contributed by atoms with Crippen molar-refractivity contribution in [3.63, 3.8) is 0 Å². The first-order valence-corrected chi connectivity index (χ1v) is 7.22. The van der Waals surface area contributed by atoms with E-state index in [1.54, 1.807) is 5.41 Å². The van der Waals surface area contributed by atoms with Crippen molar-refractivity contribution in [2.24, 2.45) is 0 Å². The van der Waals surface area contributed by atoms with Crippen LogP contribution in [0.1, 0.15) is 11.1 Å². The summed E-state index contributed by atoms with van der Waals surface area (Å²) in [6.07, 6.45) is -2.28. The van der Waals surface area contributed by atoms with E-state index in [1.165, 1.54) is 28.8 Å². The number of fused-ring (bicyclic) bond motifs is 1. The molecule has 0 atom stereocenters. The topological polar surface area (TPSA) is 27.0 Å². The molecule has 0 aliphatic carbocycles. The molecule has 6 heteroatoms. The standard InChI is InChI=1S/C16H9F3N2S/c17-16(18,19)12-7-5-11(6-8-12)14-9-22-15-4-2-1-3-13(15)21(14)10-20/h1-9H. The van der Waals surface area contributed by atoms with Crippen LogP contribution in [0.3, 0.4) is 0 Å². The zero-order valence-corrected chi connectivity index (χ0v) is 11.9. The fourth-order valence-corrected chi connectivity index (χ4v) is 3.10. The Morgan fingerprint density at radius 1 is 1.00 bits per heavy atom. The number of rotatable bonds is 1. The summed E-state index contributed by atoms with van der Waals surface area (Å²) < 4.78 is 37.9. The molecule has 2 nitrogen and oxygen atoms in total. The number of halogens is 3. The highest BCUT2D eigenvalue weighted by Gasteiger charge is 2.30. The van der Waals surface area contributed by atoms with E-state index in [4.69, 9.17) is 0 Å². The second-order valence-electron chi connectivity index (χ2n) is 4.60. The molecule has 0 unspecified atom stereocenters. The number of benzene rings is 2. The van der Waals surface area contributed by atoms with Crippen molar-refractivity contribution in [2.75, 3.05) is 4.90 Å². The van der Waals surface area contributed by atoms with Crippen molar-refractivity contribution in [3.8, 4) is 6.19 Å². The molecule has 0 aromatic heterocycles. The number of nitriles is 1. The SMILES string of the molecule is N#CN1C(c2ccc(C(F)(F)F)cc2)=CSc2ccccc21. The van der Waals surface area contributed by atoms with Crippen LogP contribution >= 0.6 is 11.8 Å². The fourth-order valence-electron chi connectivity index (χ4n) is 2.18. The van der Waals surface area contributed by atoms with Gasteiger partial charge in [-0.15, -0.1) is 0 Å². The zero-order valence-electron chi connectivity index (χ0n) is 11.1. The van der Waals surface area contributed by atoms with Gasteiger partial charge in [0.2, 0.25) is 0 Å². The van der Waals surface area contributed by atoms with E-state index < -0.39 is 11.7 Å². The van der Waals surface area contributed by atoms with Crippen LogP contribution in [0.2, 0.25) is 0 Å². The van der Waals surface area contributed by atoms with Crippen LogP contribution in [0, 0.1) is 11.5 Å². The Hall–Kier alpha value is -2.39. The molecule has 0 saturated carbocycles. The summed E-state index contributed by atoms with van der Waals surface area (Å²) in [5.74, 6) is 0. The Kier molecular flexibility index (Phi) is 3.59. The molecule has 110 valence electrons. The molecule has 2 aromatic rings. The molecule has 0 radical (unpaired) electrons. The van der Waals surface area contributed by atoms with Crippen LogP contribution in [0.5, 0.6) is 0 Å². The lowest BCUT2D eigenvalue weighted by atomic mass is 10.1. The number of para-hydroxylation sites is 1. The molecular formula is C16H9F3N2S. The van der Waals surface area contributed by atoms with E-state index in [-0.39, 0.29) is 0 Å². The molecule has 0 amide bonds. The summed E-state index contributed by atoms with van der Waals surface area (Å²) in [5, 5.41) is 11.2. The van der Waals surface area contributed by atoms with Crippen molar-refractivity contribution in [2.45, 2.75) is 11.1 Å². The third kappa shape index (κ3) is 2.55. The monoisotopic (exact) mass is 318 g/mol. The van der Waals surface area contributed by atoms with Crippen LogP contribution in [-0.4, -0.2) is 0 Å². The Bertz CT molecular complexity index is 773. The number of alkyl halides is 3. The van der Waals surface area contributed by atoms with Gasteiger partial charge in [0.25, 0.3) is 0 Å². The van der Waals surface area contributed by atoms with Gasteiger partial charge in [0.05, 0.1) is 16.9 Å². The highest BCUT2D eigenvalue weighted by atomic mass is 32.2. The average molecular weight is 318 g/mol. The quantitative estimate of drug-likeness (QED) is 0.685. The summed E-state index contributed by atoms with van der Waals surface area (Å²) in [6, 6.07) is 12.2. The number of hydrogen-bond acceptors (Lipinski definition) is 3. The maximum Gasteiger partial charge on any atom is 0.416 e. The minimum atomic E-state index is -4.37. The number of anilines is 1. The van der Waals surface area contributed by atoms with Gasteiger partial charge in [0.1, 0.15) is 0 Å². The van der Waals surface area contributed by atoms with E-state index >= 15 is 0 Å². The maximum atomic E-state index is 12.6. The Balaban J connectivity index is 1.99. The van der Waals surface area contributed by atoms with Gasteiger partial charge < -0.3 is 0 Å². The highest BCUT2D eigenvalue weighted by molar-refractivity contribution is 8.02. The lowest BCUT2D eigenvalue weighted by Crippen LogP contribution is -2.17. The number of hydrogen-bond donors (Lipinski definition) is 0. The first kappa shape index (κ1) is 14.5. The fraction of sp³-hybridized carbons (Fsp3) is 0.0625. The van der Waals surface area contributed by atoms with E-state index in [0.29, 0.717) is 11.3 Å². The molecule has 3 rings (SSSR count). The molecule has 2 aromatic carbocycles. The highest BCUT2D eigenvalue weighted by Crippen LogP contribution is 2.41. The minimum Gasteiger partial charge on any atom is -0.245 e. The van der Waals surface area contributed by atoms with Crippen molar-refractivity contribution in [3.05, 3.63) is 65.1 Å². The van der Waals surface area contributed by atoms with Gasteiger partial charge in [0.15, 0.2) is 6.19 Å². The van der Waals surface area contributed by atoms with Gasteiger partial charge >= 0.3 is 6.18 Å². The summed E-state index contributed by atoms with van der Waals surface area (Å²) in [6.45, 7) is 0. The minimum absolute atomic E-state index is 0.566. The smallest absolute Gasteiger partial charge is 0.245 e. The normalized spacial score (nSPS) is 14.1. The lowest BCUT2D eigenvalue weighted by molar-refractivity contribution is -0.137. The molecule has 0 bridgehead atoms. The van der Waals surface area contributed by atoms with E-state index in [1.807, 2.05) is 24.3 Å². The molecule has 1 aliphatic heterocycles. The molecule has 0 fully saturated rings. The summed E-state index contributed by atoms with van der Waals surface area (Å²) in [5.41, 5.74) is 1.16. The number of thioether (sulfide) groups is 1. The molecular weight excluding hydrogens is 309 g/mol. The van der Waals surface area contributed by atoms with Gasteiger partial charge in [-0.25, -0.2) is 4.90 Å². The average Bonchev–Trinajstić information content (AvgIpc) is 2.53. The second-order valence-corrected chi connectivity index (χ2v) is 5.51. The van der Waals surface area contributed by atoms with Crippen LogP contribution in [0.15, 0.2) is 58.8 Å². The second kappa shape index (κ2) is 5.43. The molecule has 0 saturated heterocycles. The molecule has 22 heavy (non-hydrogen) atoms. The summed E-state index contributed by atoms with van der Waals surface area (Å²) in [4.78, 5) is 2.36. The van der Waals surface area contributed by atoms with Gasteiger partial charge in [-0.3, -0.25) is 0 Å². The van der Waals surface area contributed by atoms with Crippen molar-refractivity contribution >= 4 is 23.1 Å². The molecule has 0 spiro atoms. The van der Waals surface area contributed by atoms with Crippen LogP contribution in [-0.2, 0) is 6.18 Å². The third-order valence-corrected chi connectivity index (χ3v) is 4.19.